The lowest BCUT2D eigenvalue weighted by Gasteiger charge is -2.00. The van der Waals surface area contributed by atoms with E-state index in [9.17, 15) is 15.3 Å². The van der Waals surface area contributed by atoms with Crippen molar-refractivity contribution in [2.24, 2.45) is 0 Å². The molecule has 6 heteroatoms. The van der Waals surface area contributed by atoms with Gasteiger partial charge in [-0.25, -0.2) is 0 Å². The zero-order chi connectivity index (χ0) is 9.30. The maximum Gasteiger partial charge on any atom is 0.300 e. The molecule has 0 aliphatic carbocycles. The topological polar surface area (TPSA) is 70.1 Å². The maximum atomic E-state index is 10.8. The standard InChI is InChI=1S/C6H5ClN2O3/c1-4-6(7)5(9(11)12)2-3-8(4)10/h2-3H,1H3. The Balaban J connectivity index is 3.36. The molecular formula is C6H5ClN2O3. The lowest BCUT2D eigenvalue weighted by Crippen LogP contribution is -2.29. The van der Waals surface area contributed by atoms with E-state index in [2.05, 4.69) is 0 Å². The van der Waals surface area contributed by atoms with Crippen LogP contribution in [0, 0.1) is 22.2 Å². The molecule has 0 fully saturated rings. The van der Waals surface area contributed by atoms with Crippen LogP contribution in [0.4, 0.5) is 5.69 Å². The van der Waals surface area contributed by atoms with Gasteiger partial charge in [0.15, 0.2) is 11.2 Å². The first-order valence-corrected chi connectivity index (χ1v) is 3.44. The zero-order valence-electron chi connectivity index (χ0n) is 6.15. The molecule has 0 aliphatic rings. The number of nitro groups is 1. The van der Waals surface area contributed by atoms with Gasteiger partial charge in [-0.1, -0.05) is 11.6 Å². The van der Waals surface area contributed by atoms with Crippen molar-refractivity contribution < 1.29 is 9.65 Å². The van der Waals surface area contributed by atoms with Gasteiger partial charge >= 0.3 is 0 Å². The number of hydrogen-bond acceptors (Lipinski definition) is 3. The van der Waals surface area contributed by atoms with Crippen molar-refractivity contribution in [1.82, 2.24) is 0 Å². The molecule has 1 rings (SSSR count). The highest BCUT2D eigenvalue weighted by atomic mass is 35.5. The molecule has 0 amide bonds. The predicted octanol–water partition coefficient (Wildman–Crippen LogP) is 1.19. The number of rotatable bonds is 1. The van der Waals surface area contributed by atoms with Crippen LogP contribution in [-0.2, 0) is 0 Å². The number of nitrogens with zero attached hydrogens (tertiary/aromatic N) is 2. The summed E-state index contributed by atoms with van der Waals surface area (Å²) in [4.78, 5) is 9.67. The van der Waals surface area contributed by atoms with Crippen molar-refractivity contribution in [2.45, 2.75) is 6.92 Å². The Kier molecular flexibility index (Phi) is 2.14. The van der Waals surface area contributed by atoms with Gasteiger partial charge in [-0.05, 0) is 0 Å². The minimum absolute atomic E-state index is 0.113. The summed E-state index contributed by atoms with van der Waals surface area (Å²) in [5.74, 6) is 0. The van der Waals surface area contributed by atoms with Crippen molar-refractivity contribution in [2.75, 3.05) is 0 Å². The van der Waals surface area contributed by atoms with Gasteiger partial charge in [0.05, 0.1) is 11.0 Å². The van der Waals surface area contributed by atoms with E-state index in [0.29, 0.717) is 4.73 Å². The summed E-state index contributed by atoms with van der Waals surface area (Å²) in [6, 6.07) is 1.07. The highest BCUT2D eigenvalue weighted by molar-refractivity contribution is 6.33. The molecule has 0 bridgehead atoms. The summed E-state index contributed by atoms with van der Waals surface area (Å²) in [6.45, 7) is 1.42. The molecule has 0 unspecified atom stereocenters. The molecule has 5 nitrogen and oxygen atoms in total. The van der Waals surface area contributed by atoms with Crippen LogP contribution in [0.15, 0.2) is 12.3 Å². The zero-order valence-corrected chi connectivity index (χ0v) is 6.91. The minimum Gasteiger partial charge on any atom is -0.618 e. The summed E-state index contributed by atoms with van der Waals surface area (Å²) >= 11 is 5.53. The van der Waals surface area contributed by atoms with E-state index in [1.165, 1.54) is 6.92 Å². The second-order valence-corrected chi connectivity index (χ2v) is 2.56. The fourth-order valence-corrected chi connectivity index (χ4v) is 0.962. The molecule has 1 aromatic heterocycles. The highest BCUT2D eigenvalue weighted by Crippen LogP contribution is 2.24. The first kappa shape index (κ1) is 8.73. The van der Waals surface area contributed by atoms with Crippen LogP contribution in [0.1, 0.15) is 5.69 Å². The normalized spacial score (nSPS) is 9.83. The Morgan fingerprint density at radius 2 is 2.25 bits per heavy atom. The molecular weight excluding hydrogens is 184 g/mol. The second-order valence-electron chi connectivity index (χ2n) is 2.18. The lowest BCUT2D eigenvalue weighted by molar-refractivity contribution is -0.612. The third-order valence-electron chi connectivity index (χ3n) is 1.44. The first-order valence-electron chi connectivity index (χ1n) is 3.06. The van der Waals surface area contributed by atoms with Crippen LogP contribution in [0.2, 0.25) is 5.02 Å². The number of hydrogen-bond donors (Lipinski definition) is 0. The van der Waals surface area contributed by atoms with Crippen LogP contribution in [-0.4, -0.2) is 4.92 Å². The molecule has 1 heterocycles. The lowest BCUT2D eigenvalue weighted by atomic mass is 10.3. The average Bonchev–Trinajstić information content (AvgIpc) is 2.00. The molecule has 0 saturated heterocycles. The van der Waals surface area contributed by atoms with Gasteiger partial charge in [0, 0.05) is 6.92 Å². The highest BCUT2D eigenvalue weighted by Gasteiger charge is 2.19. The third-order valence-corrected chi connectivity index (χ3v) is 1.90. The Morgan fingerprint density at radius 1 is 1.67 bits per heavy atom. The molecule has 64 valence electrons. The van der Waals surface area contributed by atoms with Crippen molar-refractivity contribution >= 4 is 17.3 Å². The maximum absolute atomic E-state index is 10.8. The van der Waals surface area contributed by atoms with E-state index >= 15 is 0 Å². The van der Waals surface area contributed by atoms with Gasteiger partial charge in [0.2, 0.25) is 5.69 Å². The first-order chi connectivity index (χ1) is 5.54. The average molecular weight is 189 g/mol. The van der Waals surface area contributed by atoms with Crippen LogP contribution in [0.3, 0.4) is 0 Å². The second kappa shape index (κ2) is 2.94. The third kappa shape index (κ3) is 1.31. The van der Waals surface area contributed by atoms with E-state index in [1.54, 1.807) is 0 Å². The fraction of sp³-hybridized carbons (Fsp3) is 0.167. The monoisotopic (exact) mass is 188 g/mol. The molecule has 0 radical (unpaired) electrons. The molecule has 1 aromatic rings. The van der Waals surface area contributed by atoms with Crippen LogP contribution >= 0.6 is 11.6 Å². The van der Waals surface area contributed by atoms with Crippen molar-refractivity contribution in [3.8, 4) is 0 Å². The van der Waals surface area contributed by atoms with Gasteiger partial charge < -0.3 is 5.21 Å². The summed E-state index contributed by atoms with van der Waals surface area (Å²) in [7, 11) is 0. The van der Waals surface area contributed by atoms with Crippen molar-refractivity contribution in [1.29, 1.82) is 0 Å². The van der Waals surface area contributed by atoms with Gasteiger partial charge in [0.1, 0.15) is 0 Å². The SMILES string of the molecule is Cc1c(Cl)c([N+](=O)[O-])cc[n+]1[O-]. The van der Waals surface area contributed by atoms with Crippen LogP contribution in [0.25, 0.3) is 0 Å². The summed E-state index contributed by atoms with van der Waals surface area (Å²) in [6.07, 6.45) is 1.05. The molecule has 12 heavy (non-hydrogen) atoms. The molecule has 0 aromatic carbocycles. The fourth-order valence-electron chi connectivity index (χ4n) is 0.746. The predicted molar refractivity (Wildman–Crippen MR) is 41.8 cm³/mol. The molecule has 0 N–H and O–H groups in total. The van der Waals surface area contributed by atoms with Crippen molar-refractivity contribution in [3.05, 3.63) is 38.3 Å². The number of pyridine rings is 1. The molecule has 0 spiro atoms. The summed E-state index contributed by atoms with van der Waals surface area (Å²) in [5.41, 5.74) is -0.118. The number of halogens is 1. The van der Waals surface area contributed by atoms with E-state index in [0.717, 1.165) is 12.3 Å². The number of aromatic nitrogens is 1. The largest absolute Gasteiger partial charge is 0.618 e. The van der Waals surface area contributed by atoms with Gasteiger partial charge in [-0.3, -0.25) is 10.1 Å². The molecule has 0 aliphatic heterocycles. The molecule has 0 atom stereocenters. The Labute approximate surface area is 72.9 Å². The van der Waals surface area contributed by atoms with E-state index in [-0.39, 0.29) is 16.4 Å². The van der Waals surface area contributed by atoms with Crippen LogP contribution in [0.5, 0.6) is 0 Å². The van der Waals surface area contributed by atoms with Crippen LogP contribution < -0.4 is 4.73 Å². The summed E-state index contributed by atoms with van der Waals surface area (Å²) < 4.78 is 0.481. The van der Waals surface area contributed by atoms with E-state index in [1.807, 2.05) is 0 Å². The smallest absolute Gasteiger partial charge is 0.300 e. The molecule has 0 saturated carbocycles. The van der Waals surface area contributed by atoms with Crippen molar-refractivity contribution in [3.63, 3.8) is 0 Å². The Morgan fingerprint density at radius 3 is 2.75 bits per heavy atom. The van der Waals surface area contributed by atoms with E-state index < -0.39 is 4.92 Å². The van der Waals surface area contributed by atoms with Gasteiger partial charge in [0.25, 0.3) is 5.69 Å². The minimum atomic E-state index is -0.630. The quantitative estimate of drug-likeness (QED) is 0.288. The summed E-state index contributed by atoms with van der Waals surface area (Å²) in [5, 5.41) is 21.0. The Bertz CT molecular complexity index is 340. The Hall–Kier alpha value is -1.36. The van der Waals surface area contributed by atoms with Gasteiger partial charge in [-0.2, -0.15) is 4.73 Å². The van der Waals surface area contributed by atoms with E-state index in [4.69, 9.17) is 11.6 Å². The van der Waals surface area contributed by atoms with Gasteiger partial charge in [-0.15, -0.1) is 0 Å².